The topological polar surface area (TPSA) is 68.5 Å². The van der Waals surface area contributed by atoms with Gasteiger partial charge in [-0.2, -0.15) is 0 Å². The van der Waals surface area contributed by atoms with Crippen molar-refractivity contribution in [3.8, 4) is 5.69 Å². The molecule has 0 aliphatic carbocycles. The quantitative estimate of drug-likeness (QED) is 0.710. The van der Waals surface area contributed by atoms with Crippen molar-refractivity contribution in [1.82, 2.24) is 4.57 Å². The highest BCUT2D eigenvalue weighted by molar-refractivity contribution is 5.94. The van der Waals surface area contributed by atoms with Crippen LogP contribution in [0.25, 0.3) is 16.6 Å². The summed E-state index contributed by atoms with van der Waals surface area (Å²) < 4.78 is 47.1. The molecule has 8 heteroatoms. The first kappa shape index (κ1) is 18.7. The standard InChI is InChI=1S/C19H14F3NO4/c1-2-27-19(26)13-8-23(16-4-3-11(20)5-10(16)9-24)17-7-15(22)14(21)6-12(17)18(13)25/h3-8,24H,2,9H2,1H3. The van der Waals surface area contributed by atoms with Gasteiger partial charge in [0.2, 0.25) is 5.43 Å². The van der Waals surface area contributed by atoms with Gasteiger partial charge in [-0.1, -0.05) is 0 Å². The molecule has 0 radical (unpaired) electrons. The van der Waals surface area contributed by atoms with E-state index in [4.69, 9.17) is 4.74 Å². The molecule has 27 heavy (non-hydrogen) atoms. The lowest BCUT2D eigenvalue weighted by Gasteiger charge is -2.16. The Labute approximate surface area is 151 Å². The molecule has 0 aliphatic heterocycles. The number of aliphatic hydroxyl groups excluding tert-OH is 1. The summed E-state index contributed by atoms with van der Waals surface area (Å²) >= 11 is 0. The molecular weight excluding hydrogens is 363 g/mol. The average molecular weight is 377 g/mol. The molecule has 0 spiro atoms. The normalized spacial score (nSPS) is 11.0. The fourth-order valence-electron chi connectivity index (χ4n) is 2.79. The number of ether oxygens (including phenoxy) is 1. The van der Waals surface area contributed by atoms with Crippen LogP contribution in [0.3, 0.4) is 0 Å². The molecule has 5 nitrogen and oxygen atoms in total. The maximum atomic E-state index is 13.8. The third-order valence-corrected chi connectivity index (χ3v) is 4.01. The predicted octanol–water partition coefficient (Wildman–Crippen LogP) is 3.08. The number of hydrogen-bond donors (Lipinski definition) is 1. The van der Waals surface area contributed by atoms with Crippen LogP contribution in [-0.2, 0) is 11.3 Å². The van der Waals surface area contributed by atoms with Crippen LogP contribution in [0, 0.1) is 17.5 Å². The summed E-state index contributed by atoms with van der Waals surface area (Å²) in [5, 5.41) is 9.27. The molecule has 3 rings (SSSR count). The van der Waals surface area contributed by atoms with Crippen LogP contribution in [0.1, 0.15) is 22.8 Å². The summed E-state index contributed by atoms with van der Waals surface area (Å²) in [7, 11) is 0. The molecule has 1 aromatic heterocycles. The van der Waals surface area contributed by atoms with E-state index in [2.05, 4.69) is 0 Å². The van der Waals surface area contributed by atoms with E-state index in [9.17, 15) is 27.9 Å². The molecular formula is C19H14F3NO4. The molecule has 3 aromatic rings. The number of benzene rings is 2. The predicted molar refractivity (Wildman–Crippen MR) is 91.3 cm³/mol. The van der Waals surface area contributed by atoms with Crippen LogP contribution < -0.4 is 5.43 Å². The number of halogens is 3. The van der Waals surface area contributed by atoms with E-state index in [1.54, 1.807) is 6.92 Å². The van der Waals surface area contributed by atoms with E-state index in [0.29, 0.717) is 6.07 Å². The Morgan fingerprint density at radius 1 is 1.15 bits per heavy atom. The Morgan fingerprint density at radius 3 is 2.52 bits per heavy atom. The molecule has 1 heterocycles. The van der Waals surface area contributed by atoms with Crippen LogP contribution in [0.15, 0.2) is 41.3 Å². The fraction of sp³-hybridized carbons (Fsp3) is 0.158. The van der Waals surface area contributed by atoms with Gasteiger partial charge in [0, 0.05) is 17.8 Å². The van der Waals surface area contributed by atoms with Gasteiger partial charge in [0.15, 0.2) is 11.6 Å². The van der Waals surface area contributed by atoms with Gasteiger partial charge >= 0.3 is 5.97 Å². The zero-order chi connectivity index (χ0) is 19.7. The van der Waals surface area contributed by atoms with Gasteiger partial charge < -0.3 is 14.4 Å². The van der Waals surface area contributed by atoms with Crippen LogP contribution in [0.2, 0.25) is 0 Å². The minimum atomic E-state index is -1.26. The van der Waals surface area contributed by atoms with Gasteiger partial charge in [0.1, 0.15) is 11.4 Å². The molecule has 0 aliphatic rings. The van der Waals surface area contributed by atoms with Crippen LogP contribution in [-0.4, -0.2) is 22.2 Å². The second-order valence-corrected chi connectivity index (χ2v) is 5.68. The molecule has 0 saturated heterocycles. The molecule has 140 valence electrons. The highest BCUT2D eigenvalue weighted by atomic mass is 19.2. The third kappa shape index (κ3) is 3.31. The van der Waals surface area contributed by atoms with Gasteiger partial charge in [-0.05, 0) is 31.2 Å². The Kier molecular flexibility index (Phi) is 5.00. The van der Waals surface area contributed by atoms with Crippen molar-refractivity contribution in [2.75, 3.05) is 6.61 Å². The summed E-state index contributed by atoms with van der Waals surface area (Å²) in [6.45, 7) is 1.00. The summed E-state index contributed by atoms with van der Waals surface area (Å²) in [5.41, 5.74) is -0.956. The van der Waals surface area contributed by atoms with E-state index >= 15 is 0 Å². The van der Waals surface area contributed by atoms with Crippen molar-refractivity contribution in [3.05, 3.63) is 75.3 Å². The molecule has 1 N–H and O–H groups in total. The number of esters is 1. The number of carbonyl (C=O) groups excluding carboxylic acids is 1. The van der Waals surface area contributed by atoms with Crippen LogP contribution in [0.5, 0.6) is 0 Å². The van der Waals surface area contributed by atoms with Gasteiger partial charge in [-0.15, -0.1) is 0 Å². The zero-order valence-electron chi connectivity index (χ0n) is 14.1. The zero-order valence-corrected chi connectivity index (χ0v) is 14.1. The van der Waals surface area contributed by atoms with E-state index in [-0.39, 0.29) is 28.8 Å². The second-order valence-electron chi connectivity index (χ2n) is 5.68. The lowest BCUT2D eigenvalue weighted by atomic mass is 10.1. The van der Waals surface area contributed by atoms with Crippen molar-refractivity contribution >= 4 is 16.9 Å². The number of pyridine rings is 1. The highest BCUT2D eigenvalue weighted by Gasteiger charge is 2.20. The first-order chi connectivity index (χ1) is 12.9. The van der Waals surface area contributed by atoms with E-state index in [0.717, 1.165) is 24.4 Å². The number of rotatable bonds is 4. The lowest BCUT2D eigenvalue weighted by molar-refractivity contribution is 0.0524. The first-order valence-corrected chi connectivity index (χ1v) is 7.98. The lowest BCUT2D eigenvalue weighted by Crippen LogP contribution is -2.21. The van der Waals surface area contributed by atoms with E-state index in [1.807, 2.05) is 0 Å². The number of hydrogen-bond acceptors (Lipinski definition) is 4. The van der Waals surface area contributed by atoms with Crippen molar-refractivity contribution in [2.24, 2.45) is 0 Å². The molecule has 0 saturated carbocycles. The molecule has 0 atom stereocenters. The number of aliphatic hydroxyl groups is 1. The monoisotopic (exact) mass is 377 g/mol. The Morgan fingerprint density at radius 2 is 1.85 bits per heavy atom. The van der Waals surface area contributed by atoms with Crippen molar-refractivity contribution in [2.45, 2.75) is 13.5 Å². The number of nitrogens with zero attached hydrogens (tertiary/aromatic N) is 1. The Balaban J connectivity index is 2.44. The molecule has 0 fully saturated rings. The van der Waals surface area contributed by atoms with Crippen LogP contribution >= 0.6 is 0 Å². The van der Waals surface area contributed by atoms with E-state index in [1.165, 1.54) is 10.6 Å². The summed E-state index contributed by atoms with van der Waals surface area (Å²) in [6.07, 6.45) is 1.10. The van der Waals surface area contributed by atoms with Gasteiger partial charge in [-0.3, -0.25) is 4.79 Å². The van der Waals surface area contributed by atoms with Crippen molar-refractivity contribution < 1.29 is 27.8 Å². The Hall–Kier alpha value is -3.13. The molecule has 2 aromatic carbocycles. The SMILES string of the molecule is CCOC(=O)c1cn(-c2ccc(F)cc2CO)c2cc(F)c(F)cc2c1=O. The second kappa shape index (κ2) is 7.24. The minimum Gasteiger partial charge on any atom is -0.462 e. The molecule has 0 bridgehead atoms. The summed E-state index contributed by atoms with van der Waals surface area (Å²) in [4.78, 5) is 24.7. The van der Waals surface area contributed by atoms with Gasteiger partial charge in [0.05, 0.1) is 29.8 Å². The Bertz CT molecular complexity index is 1110. The van der Waals surface area contributed by atoms with Gasteiger partial charge in [-0.25, -0.2) is 18.0 Å². The van der Waals surface area contributed by atoms with E-state index < -0.39 is 41.0 Å². The summed E-state index contributed by atoms with van der Waals surface area (Å²) in [6, 6.07) is 4.94. The minimum absolute atomic E-state index is 0.00648. The fourth-order valence-corrected chi connectivity index (χ4v) is 2.79. The highest BCUT2D eigenvalue weighted by Crippen LogP contribution is 2.24. The number of carbonyl (C=O) groups is 1. The third-order valence-electron chi connectivity index (χ3n) is 4.01. The maximum absolute atomic E-state index is 13.8. The molecule has 0 unspecified atom stereocenters. The van der Waals surface area contributed by atoms with Crippen molar-refractivity contribution in [1.29, 1.82) is 0 Å². The van der Waals surface area contributed by atoms with Gasteiger partial charge in [0.25, 0.3) is 0 Å². The smallest absolute Gasteiger partial charge is 0.343 e. The van der Waals surface area contributed by atoms with Crippen LogP contribution in [0.4, 0.5) is 13.2 Å². The number of fused-ring (bicyclic) bond motifs is 1. The molecule has 0 amide bonds. The van der Waals surface area contributed by atoms with Crippen molar-refractivity contribution in [3.63, 3.8) is 0 Å². The maximum Gasteiger partial charge on any atom is 0.343 e. The first-order valence-electron chi connectivity index (χ1n) is 7.98. The average Bonchev–Trinajstić information content (AvgIpc) is 2.64. The largest absolute Gasteiger partial charge is 0.462 e. The summed E-state index contributed by atoms with van der Waals surface area (Å²) in [5.74, 6) is -4.01. The number of aromatic nitrogens is 1.